The summed E-state index contributed by atoms with van der Waals surface area (Å²) in [4.78, 5) is 17.3. The highest BCUT2D eigenvalue weighted by atomic mass is 79.9. The molecule has 1 aromatic heterocycles. The van der Waals surface area contributed by atoms with Gasteiger partial charge in [-0.3, -0.25) is 0 Å². The first-order valence-corrected chi connectivity index (χ1v) is 6.68. The predicted molar refractivity (Wildman–Crippen MR) is 69.6 cm³/mol. The van der Waals surface area contributed by atoms with Crippen molar-refractivity contribution in [1.82, 2.24) is 9.88 Å². The van der Waals surface area contributed by atoms with Gasteiger partial charge in [0.1, 0.15) is 6.10 Å². The van der Waals surface area contributed by atoms with Gasteiger partial charge in [0.05, 0.1) is 13.2 Å². The smallest absolute Gasteiger partial charge is 0.409 e. The molecule has 0 spiro atoms. The molecule has 1 atom stereocenters. The van der Waals surface area contributed by atoms with Gasteiger partial charge < -0.3 is 14.4 Å². The molecule has 0 aromatic carbocycles. The fraction of sp³-hybridized carbons (Fsp3) is 0.500. The first-order valence-electron chi connectivity index (χ1n) is 5.89. The lowest BCUT2D eigenvalue weighted by atomic mass is 10.3. The SMILES string of the molecule is CCOC(=O)N1CC[C@H](Oc2ccc(Br)cn2)C1. The number of likely N-dealkylation sites (tertiary alicyclic amines) is 1. The quantitative estimate of drug-likeness (QED) is 0.860. The zero-order chi connectivity index (χ0) is 13.0. The van der Waals surface area contributed by atoms with Crippen molar-refractivity contribution in [2.24, 2.45) is 0 Å². The molecule has 1 saturated heterocycles. The summed E-state index contributed by atoms with van der Waals surface area (Å²) in [5.41, 5.74) is 0. The Morgan fingerprint density at radius 2 is 2.44 bits per heavy atom. The van der Waals surface area contributed by atoms with Crippen LogP contribution in [0.2, 0.25) is 0 Å². The van der Waals surface area contributed by atoms with Crippen LogP contribution < -0.4 is 4.74 Å². The van der Waals surface area contributed by atoms with E-state index in [1.807, 2.05) is 6.07 Å². The topological polar surface area (TPSA) is 51.7 Å². The highest BCUT2D eigenvalue weighted by Crippen LogP contribution is 2.18. The maximum atomic E-state index is 11.5. The molecule has 98 valence electrons. The number of rotatable bonds is 3. The maximum absolute atomic E-state index is 11.5. The molecule has 0 N–H and O–H groups in total. The summed E-state index contributed by atoms with van der Waals surface area (Å²) in [6.45, 7) is 3.42. The van der Waals surface area contributed by atoms with Crippen LogP contribution in [0, 0.1) is 0 Å². The minimum atomic E-state index is -0.271. The standard InChI is InChI=1S/C12H15BrN2O3/c1-2-17-12(16)15-6-5-10(8-15)18-11-4-3-9(13)7-14-11/h3-4,7,10H,2,5-6,8H2,1H3/t10-/m0/s1. The van der Waals surface area contributed by atoms with Gasteiger partial charge in [-0.15, -0.1) is 0 Å². The molecule has 1 amide bonds. The molecule has 2 rings (SSSR count). The maximum Gasteiger partial charge on any atom is 0.409 e. The van der Waals surface area contributed by atoms with Crippen molar-refractivity contribution in [3.8, 4) is 5.88 Å². The van der Waals surface area contributed by atoms with Crippen molar-refractivity contribution in [2.75, 3.05) is 19.7 Å². The number of carbonyl (C=O) groups excluding carboxylic acids is 1. The Hall–Kier alpha value is -1.30. The van der Waals surface area contributed by atoms with Crippen molar-refractivity contribution in [2.45, 2.75) is 19.4 Å². The molecule has 0 saturated carbocycles. The van der Waals surface area contributed by atoms with Crippen molar-refractivity contribution in [3.63, 3.8) is 0 Å². The van der Waals surface area contributed by atoms with Gasteiger partial charge in [0.25, 0.3) is 0 Å². The molecule has 0 radical (unpaired) electrons. The fourth-order valence-corrected chi connectivity index (χ4v) is 2.04. The molecule has 1 aromatic rings. The van der Waals surface area contributed by atoms with E-state index in [1.165, 1.54) is 0 Å². The number of amides is 1. The van der Waals surface area contributed by atoms with Crippen LogP contribution in [0.25, 0.3) is 0 Å². The Balaban J connectivity index is 1.86. The Morgan fingerprint density at radius 1 is 1.61 bits per heavy atom. The Bertz CT molecular complexity index is 410. The summed E-state index contributed by atoms with van der Waals surface area (Å²) >= 11 is 3.32. The monoisotopic (exact) mass is 314 g/mol. The third-order valence-electron chi connectivity index (χ3n) is 2.66. The number of nitrogens with zero attached hydrogens (tertiary/aromatic N) is 2. The third kappa shape index (κ3) is 3.35. The van der Waals surface area contributed by atoms with E-state index in [9.17, 15) is 4.79 Å². The van der Waals surface area contributed by atoms with Gasteiger partial charge in [0.15, 0.2) is 0 Å². The van der Waals surface area contributed by atoms with Gasteiger partial charge >= 0.3 is 6.09 Å². The first-order chi connectivity index (χ1) is 8.69. The predicted octanol–water partition coefficient (Wildman–Crippen LogP) is 2.45. The molecular weight excluding hydrogens is 300 g/mol. The van der Waals surface area contributed by atoms with Crippen LogP contribution >= 0.6 is 15.9 Å². The molecule has 6 heteroatoms. The van der Waals surface area contributed by atoms with Gasteiger partial charge in [-0.25, -0.2) is 9.78 Å². The van der Waals surface area contributed by atoms with Gasteiger partial charge in [0.2, 0.25) is 5.88 Å². The number of ether oxygens (including phenoxy) is 2. The highest BCUT2D eigenvalue weighted by Gasteiger charge is 2.28. The van der Waals surface area contributed by atoms with E-state index >= 15 is 0 Å². The molecule has 5 nitrogen and oxygen atoms in total. The fourth-order valence-electron chi connectivity index (χ4n) is 1.81. The number of halogens is 1. The van der Waals surface area contributed by atoms with E-state index in [0.29, 0.717) is 25.6 Å². The zero-order valence-electron chi connectivity index (χ0n) is 10.1. The number of aromatic nitrogens is 1. The minimum absolute atomic E-state index is 0.0110. The number of carbonyl (C=O) groups is 1. The molecule has 2 heterocycles. The average molecular weight is 315 g/mol. The Labute approximate surface area is 114 Å². The molecule has 0 aliphatic carbocycles. The highest BCUT2D eigenvalue weighted by molar-refractivity contribution is 9.10. The van der Waals surface area contributed by atoms with Crippen LogP contribution in [0.15, 0.2) is 22.8 Å². The Kier molecular flexibility index (Phi) is 4.41. The first kappa shape index (κ1) is 13.1. The normalized spacial score (nSPS) is 18.8. The van der Waals surface area contributed by atoms with E-state index in [1.54, 1.807) is 24.1 Å². The van der Waals surface area contributed by atoms with Crippen LogP contribution in [0.1, 0.15) is 13.3 Å². The largest absolute Gasteiger partial charge is 0.472 e. The molecule has 1 aliphatic rings. The summed E-state index contributed by atoms with van der Waals surface area (Å²) in [5.74, 6) is 0.578. The van der Waals surface area contributed by atoms with Gasteiger partial charge in [0, 0.05) is 29.7 Å². The van der Waals surface area contributed by atoms with Crippen LogP contribution in [-0.2, 0) is 4.74 Å². The van der Waals surface area contributed by atoms with E-state index in [-0.39, 0.29) is 12.2 Å². The van der Waals surface area contributed by atoms with Crippen molar-refractivity contribution < 1.29 is 14.3 Å². The van der Waals surface area contributed by atoms with Gasteiger partial charge in [-0.1, -0.05) is 0 Å². The van der Waals surface area contributed by atoms with Gasteiger partial charge in [-0.05, 0) is 28.9 Å². The van der Waals surface area contributed by atoms with Crippen LogP contribution in [0.4, 0.5) is 4.79 Å². The van der Waals surface area contributed by atoms with E-state index in [0.717, 1.165) is 10.9 Å². The number of hydrogen-bond donors (Lipinski definition) is 0. The van der Waals surface area contributed by atoms with Crippen molar-refractivity contribution in [1.29, 1.82) is 0 Å². The van der Waals surface area contributed by atoms with Crippen LogP contribution in [0.3, 0.4) is 0 Å². The number of pyridine rings is 1. The minimum Gasteiger partial charge on any atom is -0.472 e. The van der Waals surface area contributed by atoms with E-state index < -0.39 is 0 Å². The second kappa shape index (κ2) is 6.04. The second-order valence-electron chi connectivity index (χ2n) is 3.99. The lowest BCUT2D eigenvalue weighted by molar-refractivity contribution is 0.109. The van der Waals surface area contributed by atoms with Crippen molar-refractivity contribution >= 4 is 22.0 Å². The summed E-state index contributed by atoms with van der Waals surface area (Å²) in [6, 6.07) is 3.68. The zero-order valence-corrected chi connectivity index (χ0v) is 11.7. The molecular formula is C12H15BrN2O3. The van der Waals surface area contributed by atoms with E-state index in [4.69, 9.17) is 9.47 Å². The third-order valence-corrected chi connectivity index (χ3v) is 3.13. The molecule has 18 heavy (non-hydrogen) atoms. The Morgan fingerprint density at radius 3 is 3.11 bits per heavy atom. The van der Waals surface area contributed by atoms with Crippen LogP contribution in [-0.4, -0.2) is 41.8 Å². The number of hydrogen-bond acceptors (Lipinski definition) is 4. The van der Waals surface area contributed by atoms with E-state index in [2.05, 4.69) is 20.9 Å². The summed E-state index contributed by atoms with van der Waals surface area (Å²) < 4.78 is 11.6. The molecule has 0 bridgehead atoms. The summed E-state index contributed by atoms with van der Waals surface area (Å²) in [7, 11) is 0. The molecule has 1 aliphatic heterocycles. The summed E-state index contributed by atoms with van der Waals surface area (Å²) in [6.07, 6.45) is 2.21. The van der Waals surface area contributed by atoms with Crippen molar-refractivity contribution in [3.05, 3.63) is 22.8 Å². The molecule has 1 fully saturated rings. The van der Waals surface area contributed by atoms with Gasteiger partial charge in [-0.2, -0.15) is 0 Å². The lowest BCUT2D eigenvalue weighted by Gasteiger charge is -2.16. The molecule has 0 unspecified atom stereocenters. The lowest BCUT2D eigenvalue weighted by Crippen LogP contribution is -2.31. The second-order valence-corrected chi connectivity index (χ2v) is 4.90. The summed E-state index contributed by atoms with van der Waals surface area (Å²) in [5, 5.41) is 0. The van der Waals surface area contributed by atoms with Crippen LogP contribution in [0.5, 0.6) is 5.88 Å². The average Bonchev–Trinajstić information content (AvgIpc) is 2.81.